The number of ether oxygens (including phenoxy) is 1. The summed E-state index contributed by atoms with van der Waals surface area (Å²) in [5.74, 6) is -0.466. The van der Waals surface area contributed by atoms with Gasteiger partial charge in [0.1, 0.15) is 5.75 Å². The van der Waals surface area contributed by atoms with E-state index in [-0.39, 0.29) is 23.7 Å². The number of carboxylic acids is 1. The standard InChI is InChI=1S/C27H28N2O5/c30-25(4-2-16-29-26(31)21-9-14-24-20(17-21)3-1-15-28-24)18-5-10-22(11-6-18)34-23-12-7-19(8-13-23)27(32)33/h1,3,5-6,9-11,14-15,17,19,23H,2,4,7-8,12-13,16H2,(H,29,31)(H,32,33). The number of pyridine rings is 1. The highest BCUT2D eigenvalue weighted by atomic mass is 16.5. The number of carbonyl (C=O) groups excluding carboxylic acids is 2. The van der Waals surface area contributed by atoms with E-state index in [9.17, 15) is 14.4 Å². The molecule has 1 amide bonds. The molecule has 2 N–H and O–H groups in total. The normalized spacial score (nSPS) is 17.8. The van der Waals surface area contributed by atoms with Crippen molar-refractivity contribution in [2.75, 3.05) is 6.54 Å². The monoisotopic (exact) mass is 460 g/mol. The van der Waals surface area contributed by atoms with Gasteiger partial charge in [-0.1, -0.05) is 6.07 Å². The largest absolute Gasteiger partial charge is 0.490 e. The SMILES string of the molecule is O=C(CCCNC(=O)c1ccc2ncccc2c1)c1ccc(OC2CCC(C(=O)O)CC2)cc1. The molecule has 0 radical (unpaired) electrons. The van der Waals surface area contributed by atoms with Crippen molar-refractivity contribution in [3.8, 4) is 5.75 Å². The number of hydrogen-bond donors (Lipinski definition) is 2. The summed E-state index contributed by atoms with van der Waals surface area (Å²) in [6.45, 7) is 0.413. The van der Waals surface area contributed by atoms with Crippen LogP contribution in [0.4, 0.5) is 0 Å². The van der Waals surface area contributed by atoms with Crippen molar-refractivity contribution in [1.29, 1.82) is 0 Å². The summed E-state index contributed by atoms with van der Waals surface area (Å²) < 4.78 is 5.96. The van der Waals surface area contributed by atoms with Gasteiger partial charge in [0, 0.05) is 35.7 Å². The third-order valence-corrected chi connectivity index (χ3v) is 6.23. The van der Waals surface area contributed by atoms with E-state index in [1.54, 1.807) is 36.5 Å². The maximum Gasteiger partial charge on any atom is 0.306 e. The number of aliphatic carboxylic acids is 1. The molecule has 4 rings (SSSR count). The van der Waals surface area contributed by atoms with Crippen LogP contribution in [0.5, 0.6) is 5.75 Å². The van der Waals surface area contributed by atoms with Crippen LogP contribution in [0.25, 0.3) is 10.9 Å². The van der Waals surface area contributed by atoms with Crippen LogP contribution in [0.2, 0.25) is 0 Å². The lowest BCUT2D eigenvalue weighted by Crippen LogP contribution is -2.27. The molecule has 1 aromatic heterocycles. The van der Waals surface area contributed by atoms with Gasteiger partial charge in [0.05, 0.1) is 17.5 Å². The van der Waals surface area contributed by atoms with Crippen molar-refractivity contribution in [3.63, 3.8) is 0 Å². The maximum absolute atomic E-state index is 12.5. The van der Waals surface area contributed by atoms with E-state index >= 15 is 0 Å². The molecule has 1 fully saturated rings. The Morgan fingerprint density at radius 3 is 2.44 bits per heavy atom. The van der Waals surface area contributed by atoms with E-state index in [0.29, 0.717) is 49.1 Å². The molecule has 0 atom stereocenters. The van der Waals surface area contributed by atoms with Gasteiger partial charge >= 0.3 is 5.97 Å². The Morgan fingerprint density at radius 2 is 1.71 bits per heavy atom. The molecule has 3 aromatic rings. The fourth-order valence-electron chi connectivity index (χ4n) is 4.25. The molecule has 1 heterocycles. The Balaban J connectivity index is 1.19. The minimum atomic E-state index is -0.730. The number of nitrogens with one attached hydrogen (secondary N) is 1. The first kappa shape index (κ1) is 23.4. The second kappa shape index (κ2) is 10.9. The Hall–Kier alpha value is -3.74. The summed E-state index contributed by atoms with van der Waals surface area (Å²) in [6.07, 6.45) is 5.31. The molecule has 0 saturated heterocycles. The Morgan fingerprint density at radius 1 is 0.971 bits per heavy atom. The molecule has 7 heteroatoms. The molecular weight excluding hydrogens is 432 g/mol. The van der Waals surface area contributed by atoms with E-state index in [1.165, 1.54) is 0 Å². The first-order valence-electron chi connectivity index (χ1n) is 11.7. The van der Waals surface area contributed by atoms with Crippen LogP contribution in [0, 0.1) is 5.92 Å². The number of carboxylic acid groups (broad SMARTS) is 1. The van der Waals surface area contributed by atoms with Gasteiger partial charge in [-0.2, -0.15) is 0 Å². The minimum Gasteiger partial charge on any atom is -0.490 e. The predicted molar refractivity (Wildman–Crippen MR) is 128 cm³/mol. The molecule has 2 aromatic carbocycles. The van der Waals surface area contributed by atoms with Gasteiger partial charge in [0.2, 0.25) is 0 Å². The number of benzene rings is 2. The van der Waals surface area contributed by atoms with E-state index in [4.69, 9.17) is 9.84 Å². The summed E-state index contributed by atoms with van der Waals surface area (Å²) in [4.78, 5) is 40.2. The first-order valence-corrected chi connectivity index (χ1v) is 11.7. The molecule has 0 unspecified atom stereocenters. The smallest absolute Gasteiger partial charge is 0.306 e. The quantitative estimate of drug-likeness (QED) is 0.356. The van der Waals surface area contributed by atoms with Crippen molar-refractivity contribution >= 4 is 28.6 Å². The molecular formula is C27H28N2O5. The Kier molecular flexibility index (Phi) is 7.52. The topological polar surface area (TPSA) is 106 Å². The zero-order valence-corrected chi connectivity index (χ0v) is 18.9. The summed E-state index contributed by atoms with van der Waals surface area (Å²) >= 11 is 0. The average molecular weight is 461 g/mol. The number of rotatable bonds is 9. The van der Waals surface area contributed by atoms with Gasteiger partial charge < -0.3 is 15.2 Å². The summed E-state index contributed by atoms with van der Waals surface area (Å²) in [7, 11) is 0. The molecule has 0 spiro atoms. The number of fused-ring (bicyclic) bond motifs is 1. The van der Waals surface area contributed by atoms with E-state index in [2.05, 4.69) is 10.3 Å². The highest BCUT2D eigenvalue weighted by Crippen LogP contribution is 2.28. The molecule has 1 aliphatic carbocycles. The van der Waals surface area contributed by atoms with E-state index in [1.807, 2.05) is 24.3 Å². The molecule has 176 valence electrons. The van der Waals surface area contributed by atoms with Gasteiger partial charge in [-0.25, -0.2) is 0 Å². The van der Waals surface area contributed by atoms with Gasteiger partial charge in [-0.15, -0.1) is 0 Å². The number of aromatic nitrogens is 1. The highest BCUT2D eigenvalue weighted by Gasteiger charge is 2.26. The van der Waals surface area contributed by atoms with E-state index in [0.717, 1.165) is 23.7 Å². The summed E-state index contributed by atoms with van der Waals surface area (Å²) in [5.41, 5.74) is 2.01. The predicted octanol–water partition coefficient (Wildman–Crippen LogP) is 4.65. The number of nitrogens with zero attached hydrogens (tertiary/aromatic N) is 1. The minimum absolute atomic E-state index is 0.0135. The lowest BCUT2D eigenvalue weighted by molar-refractivity contribution is -0.143. The Labute approximate surface area is 198 Å². The van der Waals surface area contributed by atoms with Crippen LogP contribution < -0.4 is 10.1 Å². The number of ketones is 1. The molecule has 7 nitrogen and oxygen atoms in total. The fraction of sp³-hybridized carbons (Fsp3) is 0.333. The van der Waals surface area contributed by atoms with Crippen LogP contribution in [0.15, 0.2) is 60.8 Å². The van der Waals surface area contributed by atoms with Gasteiger partial charge in [-0.3, -0.25) is 19.4 Å². The van der Waals surface area contributed by atoms with Crippen molar-refractivity contribution in [3.05, 3.63) is 71.9 Å². The maximum atomic E-state index is 12.5. The van der Waals surface area contributed by atoms with Crippen molar-refractivity contribution in [1.82, 2.24) is 10.3 Å². The van der Waals surface area contributed by atoms with Gasteiger partial charge in [-0.05, 0) is 80.6 Å². The zero-order valence-electron chi connectivity index (χ0n) is 18.9. The third kappa shape index (κ3) is 5.98. The van der Waals surface area contributed by atoms with Crippen molar-refractivity contribution in [2.24, 2.45) is 5.92 Å². The van der Waals surface area contributed by atoms with Crippen LogP contribution >= 0.6 is 0 Å². The van der Waals surface area contributed by atoms with Crippen molar-refractivity contribution in [2.45, 2.75) is 44.6 Å². The average Bonchev–Trinajstić information content (AvgIpc) is 2.87. The van der Waals surface area contributed by atoms with Crippen LogP contribution in [-0.4, -0.2) is 40.4 Å². The number of carbonyl (C=O) groups is 3. The van der Waals surface area contributed by atoms with Crippen molar-refractivity contribution < 1.29 is 24.2 Å². The second-order valence-corrected chi connectivity index (χ2v) is 8.65. The fourth-order valence-corrected chi connectivity index (χ4v) is 4.25. The number of hydrogen-bond acceptors (Lipinski definition) is 5. The van der Waals surface area contributed by atoms with Crippen LogP contribution in [0.1, 0.15) is 59.2 Å². The molecule has 0 aliphatic heterocycles. The summed E-state index contributed by atoms with van der Waals surface area (Å²) in [6, 6.07) is 16.2. The van der Waals surface area contributed by atoms with Gasteiger partial charge in [0.15, 0.2) is 5.78 Å². The molecule has 1 aliphatic rings. The second-order valence-electron chi connectivity index (χ2n) is 8.65. The zero-order chi connectivity index (χ0) is 23.9. The third-order valence-electron chi connectivity index (χ3n) is 6.23. The lowest BCUT2D eigenvalue weighted by Gasteiger charge is -2.26. The van der Waals surface area contributed by atoms with E-state index < -0.39 is 5.97 Å². The van der Waals surface area contributed by atoms with Crippen LogP contribution in [0.3, 0.4) is 0 Å². The molecule has 1 saturated carbocycles. The lowest BCUT2D eigenvalue weighted by atomic mass is 9.87. The summed E-state index contributed by atoms with van der Waals surface area (Å²) in [5, 5.41) is 12.9. The molecule has 0 bridgehead atoms. The number of Topliss-reactive ketones (excluding diaryl/α,β-unsaturated/α-hetero) is 1. The van der Waals surface area contributed by atoms with Gasteiger partial charge in [0.25, 0.3) is 5.91 Å². The number of amides is 1. The Bertz CT molecular complexity index is 1170. The van der Waals surface area contributed by atoms with Crippen LogP contribution in [-0.2, 0) is 4.79 Å². The first-order chi connectivity index (χ1) is 16.5. The highest BCUT2D eigenvalue weighted by molar-refractivity contribution is 5.98. The molecule has 34 heavy (non-hydrogen) atoms.